The number of nitrogens with zero attached hydrogens (tertiary/aromatic N) is 6. The topological polar surface area (TPSA) is 161 Å². The molecule has 0 aromatic heterocycles. The number of rotatable bonds is 4. The van der Waals surface area contributed by atoms with E-state index in [1.54, 1.807) is 0 Å². The Balaban J connectivity index is 0.000000752. The van der Waals surface area contributed by atoms with Gasteiger partial charge in [-0.25, -0.2) is 0 Å². The van der Waals surface area contributed by atoms with E-state index in [-0.39, 0.29) is 16.8 Å². The van der Waals surface area contributed by atoms with Gasteiger partial charge in [-0.3, -0.25) is 4.90 Å². The van der Waals surface area contributed by atoms with Crippen molar-refractivity contribution in [3.05, 3.63) is 54.8 Å². The molecule has 0 aromatic carbocycles. The van der Waals surface area contributed by atoms with Gasteiger partial charge in [-0.05, 0) is 6.54 Å². The predicted molar refractivity (Wildman–Crippen MR) is 102 cm³/mol. The molecule has 169 valence electrons. The molecule has 0 bridgehead atoms. The van der Waals surface area contributed by atoms with E-state index in [0.29, 0.717) is 6.04 Å². The van der Waals surface area contributed by atoms with Gasteiger partial charge in [0.15, 0.2) is 0 Å². The van der Waals surface area contributed by atoms with Crippen molar-refractivity contribution < 1.29 is 37.4 Å². The summed E-state index contributed by atoms with van der Waals surface area (Å²) in [6.07, 6.45) is 10.4. The number of hydrogen-bond acceptors (Lipinski definition) is 6. The molecular formula is C16H28CoN6O6-2. The van der Waals surface area contributed by atoms with E-state index in [4.69, 9.17) is 36.0 Å². The number of piperazine rings is 1. The molecule has 12 nitrogen and oxygen atoms in total. The predicted octanol–water partition coefficient (Wildman–Crippen LogP) is 1.66. The summed E-state index contributed by atoms with van der Waals surface area (Å²) >= 11 is 0. The Morgan fingerprint density at radius 3 is 2.14 bits per heavy atom. The van der Waals surface area contributed by atoms with Crippen molar-refractivity contribution in [3.8, 4) is 0 Å². The second-order valence-corrected chi connectivity index (χ2v) is 6.54. The van der Waals surface area contributed by atoms with Crippen molar-refractivity contribution in [2.75, 3.05) is 52.4 Å². The zero-order chi connectivity index (χ0) is 20.8. The van der Waals surface area contributed by atoms with Crippen LogP contribution in [0.15, 0.2) is 23.9 Å². The summed E-state index contributed by atoms with van der Waals surface area (Å²) in [5.74, 6) is 0. The minimum absolute atomic E-state index is 0. The molecule has 3 aliphatic rings. The first-order valence-electron chi connectivity index (χ1n) is 9.18. The number of allylic oxidation sites excluding steroid dienone is 2. The summed E-state index contributed by atoms with van der Waals surface area (Å²) in [5, 5.41) is 36.6. The maximum absolute atomic E-state index is 8.36. The van der Waals surface area contributed by atoms with Crippen LogP contribution in [0, 0.1) is 20.2 Å². The molecule has 2 fully saturated rings. The fourth-order valence-corrected chi connectivity index (χ4v) is 3.23. The minimum Gasteiger partial charge on any atom is -0.684 e. The first-order valence-corrected chi connectivity index (χ1v) is 9.18. The second kappa shape index (κ2) is 15.9. The number of hydrogen-bond donors (Lipinski definition) is 2. The van der Waals surface area contributed by atoms with Crippen molar-refractivity contribution in [2.24, 2.45) is 0 Å². The average molecular weight is 459 g/mol. The van der Waals surface area contributed by atoms with Gasteiger partial charge in [0.1, 0.15) is 0 Å². The van der Waals surface area contributed by atoms with Crippen molar-refractivity contribution in [1.29, 1.82) is 0 Å². The van der Waals surface area contributed by atoms with E-state index in [2.05, 4.69) is 33.3 Å². The van der Waals surface area contributed by atoms with Crippen LogP contribution in [0.4, 0.5) is 0 Å². The molecule has 3 rings (SSSR count). The Bertz CT molecular complexity index is 516. The Morgan fingerprint density at radius 2 is 1.66 bits per heavy atom. The van der Waals surface area contributed by atoms with Crippen LogP contribution in [0.1, 0.15) is 19.3 Å². The maximum atomic E-state index is 8.36. The molecule has 1 atom stereocenters. The molecule has 1 radical (unpaired) electrons. The van der Waals surface area contributed by atoms with Crippen molar-refractivity contribution >= 4 is 0 Å². The standard InChI is InChI=1S/C16H26N4.Co.2HNO3/c1-3-7-17-15(5-1)13-19-9-11-20(12-10-19)14-16-6-2-4-8-18-16;;2*2-1(3)4/h1,3,5,16H,2,4,6-14H2;;2*(H,2,3,4)/q-2;;;. The molecule has 0 spiro atoms. The molecule has 3 heterocycles. The average Bonchev–Trinajstić information content (AvgIpc) is 2.64. The molecule has 0 aromatic rings. The smallest absolute Gasteiger partial charge is 0.291 e. The Hall–Kier alpha value is -1.93. The van der Waals surface area contributed by atoms with Crippen LogP contribution in [0.5, 0.6) is 0 Å². The number of piperidine rings is 1. The third-order valence-electron chi connectivity index (χ3n) is 4.48. The molecule has 2 saturated heterocycles. The van der Waals surface area contributed by atoms with Gasteiger partial charge in [0.2, 0.25) is 0 Å². The molecule has 0 saturated carbocycles. The van der Waals surface area contributed by atoms with Gasteiger partial charge in [-0.2, -0.15) is 0 Å². The van der Waals surface area contributed by atoms with E-state index in [1.807, 2.05) is 0 Å². The largest absolute Gasteiger partial charge is 0.684 e. The Kier molecular flexibility index (Phi) is 14.9. The van der Waals surface area contributed by atoms with E-state index in [9.17, 15) is 0 Å². The van der Waals surface area contributed by atoms with Crippen molar-refractivity contribution in [2.45, 2.75) is 25.3 Å². The van der Waals surface area contributed by atoms with E-state index in [1.165, 1.54) is 57.7 Å². The van der Waals surface area contributed by atoms with Crippen LogP contribution < -0.4 is 0 Å². The van der Waals surface area contributed by atoms with Crippen molar-refractivity contribution in [3.63, 3.8) is 0 Å². The molecule has 3 aliphatic heterocycles. The summed E-state index contributed by atoms with van der Waals surface area (Å²) in [5.41, 5.74) is 1.24. The zero-order valence-electron chi connectivity index (χ0n) is 16.1. The fourth-order valence-electron chi connectivity index (χ4n) is 3.23. The SMILES string of the molecule is C1=CC[N-]C(CN2CCN(CC3CCCC[N-]3)CC2)=C1.O=[N+]([O-])O.O=[N+]([O-])O.[Co]. The summed E-state index contributed by atoms with van der Waals surface area (Å²) in [7, 11) is 0. The first kappa shape index (κ1) is 27.1. The maximum Gasteiger partial charge on any atom is 0.291 e. The quantitative estimate of drug-likeness (QED) is 0.474. The van der Waals surface area contributed by atoms with Gasteiger partial charge < -0.3 is 25.9 Å². The van der Waals surface area contributed by atoms with Crippen LogP contribution >= 0.6 is 0 Å². The second-order valence-electron chi connectivity index (χ2n) is 6.54. The monoisotopic (exact) mass is 459 g/mol. The Morgan fingerprint density at radius 1 is 1.07 bits per heavy atom. The van der Waals surface area contributed by atoms with Gasteiger partial charge >= 0.3 is 0 Å². The minimum atomic E-state index is -1.50. The van der Waals surface area contributed by atoms with Crippen LogP contribution in [0.25, 0.3) is 10.6 Å². The molecule has 29 heavy (non-hydrogen) atoms. The van der Waals surface area contributed by atoms with Gasteiger partial charge in [0.05, 0.1) is 0 Å². The molecule has 1 unspecified atom stereocenters. The van der Waals surface area contributed by atoms with Gasteiger partial charge in [0, 0.05) is 49.5 Å². The molecular weight excluding hydrogens is 431 g/mol. The van der Waals surface area contributed by atoms with E-state index >= 15 is 0 Å². The summed E-state index contributed by atoms with van der Waals surface area (Å²) in [6, 6.07) is 0.608. The summed E-state index contributed by atoms with van der Waals surface area (Å²) in [4.78, 5) is 21.9. The zero-order valence-corrected chi connectivity index (χ0v) is 17.2. The molecule has 0 aliphatic carbocycles. The van der Waals surface area contributed by atoms with Crippen LogP contribution in [-0.4, -0.2) is 88.8 Å². The molecule has 2 N–H and O–H groups in total. The fraction of sp³-hybridized carbons (Fsp3) is 0.750. The summed E-state index contributed by atoms with van der Waals surface area (Å²) < 4.78 is 0. The normalized spacial score (nSPS) is 21.7. The molecule has 13 heteroatoms. The van der Waals surface area contributed by atoms with Gasteiger partial charge in [-0.15, -0.1) is 51.1 Å². The van der Waals surface area contributed by atoms with Crippen LogP contribution in [0.2, 0.25) is 0 Å². The van der Waals surface area contributed by atoms with E-state index < -0.39 is 10.2 Å². The van der Waals surface area contributed by atoms with E-state index in [0.717, 1.165) is 19.6 Å². The molecule has 0 amide bonds. The first-order chi connectivity index (χ1) is 13.4. The Labute approximate surface area is 180 Å². The third-order valence-corrected chi connectivity index (χ3v) is 4.48. The third kappa shape index (κ3) is 14.7. The van der Waals surface area contributed by atoms with Crippen LogP contribution in [-0.2, 0) is 16.8 Å². The summed E-state index contributed by atoms with van der Waals surface area (Å²) in [6.45, 7) is 8.87. The van der Waals surface area contributed by atoms with Gasteiger partial charge in [0.25, 0.3) is 10.2 Å². The van der Waals surface area contributed by atoms with Gasteiger partial charge in [-0.1, -0.05) is 31.4 Å². The van der Waals surface area contributed by atoms with Crippen LogP contribution in [0.3, 0.4) is 0 Å². The van der Waals surface area contributed by atoms with Crippen molar-refractivity contribution in [1.82, 2.24) is 9.80 Å².